The number of rotatable bonds is 2. The predicted octanol–water partition coefficient (Wildman–Crippen LogP) is 3.91. The van der Waals surface area contributed by atoms with Gasteiger partial charge in [-0.3, -0.25) is 4.98 Å². The maximum Gasteiger partial charge on any atom is 0.0757 e. The van der Waals surface area contributed by atoms with Gasteiger partial charge in [0.1, 0.15) is 0 Å². The summed E-state index contributed by atoms with van der Waals surface area (Å²) in [6.45, 7) is 2.37. The lowest BCUT2D eigenvalue weighted by molar-refractivity contribution is -0.0884. The Morgan fingerprint density at radius 3 is 2.72 bits per heavy atom. The van der Waals surface area contributed by atoms with Gasteiger partial charge in [-0.05, 0) is 78.9 Å². The van der Waals surface area contributed by atoms with Crippen molar-refractivity contribution in [2.75, 3.05) is 6.61 Å². The van der Waals surface area contributed by atoms with Gasteiger partial charge in [0.25, 0.3) is 0 Å². The van der Waals surface area contributed by atoms with Gasteiger partial charge in [0, 0.05) is 22.8 Å². The number of hydrogen-bond acceptors (Lipinski definition) is 4. The lowest BCUT2D eigenvalue weighted by Gasteiger charge is -2.59. The molecule has 4 aliphatic carbocycles. The number of pyridine rings is 1. The van der Waals surface area contributed by atoms with Crippen molar-refractivity contribution in [2.45, 2.75) is 57.7 Å². The summed E-state index contributed by atoms with van der Waals surface area (Å²) in [6.07, 6.45) is 9.74. The molecule has 0 unspecified atom stereocenters. The van der Waals surface area contributed by atoms with E-state index in [-0.39, 0.29) is 30.0 Å². The van der Waals surface area contributed by atoms with E-state index in [1.165, 1.54) is 5.57 Å². The van der Waals surface area contributed by atoms with E-state index >= 15 is 0 Å². The number of halogens is 1. The van der Waals surface area contributed by atoms with Crippen molar-refractivity contribution >= 4 is 17.2 Å². The van der Waals surface area contributed by atoms with Crippen LogP contribution in [0.2, 0.25) is 0 Å². The molecule has 0 aliphatic heterocycles. The van der Waals surface area contributed by atoms with Gasteiger partial charge in [-0.25, -0.2) is 0 Å². The Labute approximate surface area is 177 Å². The lowest BCUT2D eigenvalue weighted by atomic mass is 9.46. The van der Waals surface area contributed by atoms with Crippen LogP contribution in [0.25, 0.3) is 5.57 Å². The molecule has 156 valence electrons. The van der Waals surface area contributed by atoms with Gasteiger partial charge >= 0.3 is 0 Å². The smallest absolute Gasteiger partial charge is 0.0757 e. The van der Waals surface area contributed by atoms with Crippen molar-refractivity contribution in [3.05, 3.63) is 46.8 Å². The number of aromatic nitrogens is 1. The van der Waals surface area contributed by atoms with Crippen LogP contribution in [0.5, 0.6) is 0 Å². The first-order valence-corrected chi connectivity index (χ1v) is 11.3. The Hall–Kier alpha value is -1.20. The number of aliphatic hydroxyl groups excluding tert-OH is 3. The molecule has 0 aromatic carbocycles. The van der Waals surface area contributed by atoms with Crippen LogP contribution in [0.15, 0.2) is 41.2 Å². The second-order valence-corrected chi connectivity index (χ2v) is 10.3. The molecule has 4 aliphatic rings. The molecule has 5 rings (SSSR count). The van der Waals surface area contributed by atoms with Gasteiger partial charge in [-0.1, -0.05) is 36.2 Å². The summed E-state index contributed by atoms with van der Waals surface area (Å²) in [7, 11) is 0. The number of allylic oxidation sites excluding steroid dienone is 1. The number of fused-ring (bicyclic) bond motifs is 5. The number of hydrogen-bond donors (Lipinski definition) is 3. The molecule has 29 heavy (non-hydrogen) atoms. The van der Waals surface area contributed by atoms with Crippen molar-refractivity contribution in [3.8, 4) is 0 Å². The molecule has 4 nitrogen and oxygen atoms in total. The first kappa shape index (κ1) is 19.7. The summed E-state index contributed by atoms with van der Waals surface area (Å²) in [6, 6.07) is 3.94. The average Bonchev–Trinajstić information content (AvgIpc) is 3.02. The largest absolute Gasteiger partial charge is 0.395 e. The quantitative estimate of drug-likeness (QED) is 0.640. The van der Waals surface area contributed by atoms with E-state index in [0.717, 1.165) is 41.9 Å². The highest BCUT2D eigenvalue weighted by molar-refractivity contribution is 6.33. The summed E-state index contributed by atoms with van der Waals surface area (Å²) in [5.41, 5.74) is 2.85. The van der Waals surface area contributed by atoms with Gasteiger partial charge in [-0.15, -0.1) is 0 Å². The van der Waals surface area contributed by atoms with Crippen molar-refractivity contribution < 1.29 is 15.3 Å². The number of nitrogens with zero attached hydrogens (tertiary/aromatic N) is 1. The lowest BCUT2D eigenvalue weighted by Crippen LogP contribution is -2.55. The van der Waals surface area contributed by atoms with Crippen LogP contribution >= 0.6 is 11.6 Å². The molecule has 7 atom stereocenters. The Morgan fingerprint density at radius 1 is 1.17 bits per heavy atom. The summed E-state index contributed by atoms with van der Waals surface area (Å²) in [5, 5.41) is 32.9. The van der Waals surface area contributed by atoms with E-state index in [2.05, 4.69) is 11.9 Å². The third-order valence-corrected chi connectivity index (χ3v) is 9.06. The zero-order valence-electron chi connectivity index (χ0n) is 16.9. The molecule has 0 spiro atoms. The molecule has 1 aromatic rings. The van der Waals surface area contributed by atoms with E-state index < -0.39 is 11.5 Å². The van der Waals surface area contributed by atoms with E-state index in [0.29, 0.717) is 18.8 Å². The van der Waals surface area contributed by atoms with E-state index in [9.17, 15) is 15.3 Å². The Kier molecular flexibility index (Phi) is 4.71. The van der Waals surface area contributed by atoms with Crippen LogP contribution in [-0.2, 0) is 0 Å². The summed E-state index contributed by atoms with van der Waals surface area (Å²) < 4.78 is 0. The van der Waals surface area contributed by atoms with Crippen LogP contribution in [0, 0.1) is 28.6 Å². The average molecular weight is 416 g/mol. The minimum atomic E-state index is -0.553. The zero-order valence-corrected chi connectivity index (χ0v) is 17.6. The molecule has 0 radical (unpaired) electrons. The Bertz CT molecular complexity index is 868. The molecule has 2 saturated carbocycles. The molecular formula is C24H30ClNO3. The van der Waals surface area contributed by atoms with Gasteiger partial charge in [0.15, 0.2) is 0 Å². The molecule has 0 amide bonds. The fourth-order valence-corrected chi connectivity index (χ4v) is 7.78. The summed E-state index contributed by atoms with van der Waals surface area (Å²) in [5.74, 6) is 0.542. The monoisotopic (exact) mass is 415 g/mol. The van der Waals surface area contributed by atoms with E-state index in [1.54, 1.807) is 6.20 Å². The van der Waals surface area contributed by atoms with Gasteiger partial charge in [0.05, 0.1) is 18.8 Å². The first-order chi connectivity index (χ1) is 13.9. The van der Waals surface area contributed by atoms with Crippen LogP contribution in [-0.4, -0.2) is 39.1 Å². The molecule has 5 heteroatoms. The van der Waals surface area contributed by atoms with Gasteiger partial charge < -0.3 is 15.3 Å². The Balaban J connectivity index is 1.57. The van der Waals surface area contributed by atoms with E-state index in [4.69, 9.17) is 11.6 Å². The molecular weight excluding hydrogens is 386 g/mol. The maximum absolute atomic E-state index is 11.2. The Morgan fingerprint density at radius 2 is 2.00 bits per heavy atom. The van der Waals surface area contributed by atoms with Crippen LogP contribution in [0.1, 0.15) is 51.0 Å². The van der Waals surface area contributed by atoms with Gasteiger partial charge in [-0.2, -0.15) is 0 Å². The van der Waals surface area contributed by atoms with E-state index in [1.807, 2.05) is 24.4 Å². The predicted molar refractivity (Wildman–Crippen MR) is 113 cm³/mol. The zero-order chi connectivity index (χ0) is 20.4. The van der Waals surface area contributed by atoms with Crippen molar-refractivity contribution in [3.63, 3.8) is 0 Å². The molecule has 1 aromatic heterocycles. The second kappa shape index (κ2) is 6.91. The first-order valence-electron chi connectivity index (χ1n) is 10.9. The SMILES string of the molecule is C[C@]12CC[C@H](O)CC1=C[C@H](O)[C@H]1[C@@H]3CC(Cl)=C(c4cccnc4)[C@@]3(CO)CC[C@@H]12. The molecule has 3 N–H and O–H groups in total. The standard InChI is InChI=1S/C24H30ClNO3/c1-23-6-4-16(28)9-15(23)10-20(29)21-17(23)5-7-24(13-27)18(21)11-19(25)22(24)14-3-2-8-26-12-14/h2-3,8,10,12,16-18,20-21,27-29H,4-7,9,11,13H2,1H3/t16-,17-,18-,20-,21+,23-,24+/m0/s1. The highest BCUT2D eigenvalue weighted by atomic mass is 35.5. The minimum absolute atomic E-state index is 0.0221. The van der Waals surface area contributed by atoms with Crippen molar-refractivity contribution in [1.29, 1.82) is 0 Å². The van der Waals surface area contributed by atoms with Crippen molar-refractivity contribution in [2.24, 2.45) is 28.6 Å². The third-order valence-electron chi connectivity index (χ3n) is 8.71. The summed E-state index contributed by atoms with van der Waals surface area (Å²) in [4.78, 5) is 4.28. The molecule has 2 fully saturated rings. The fourth-order valence-electron chi connectivity index (χ4n) is 7.31. The number of aliphatic hydroxyl groups is 3. The van der Waals surface area contributed by atoms with Crippen molar-refractivity contribution in [1.82, 2.24) is 4.98 Å². The normalized spacial score (nSPS) is 44.0. The topological polar surface area (TPSA) is 73.6 Å². The van der Waals surface area contributed by atoms with Crippen LogP contribution < -0.4 is 0 Å². The minimum Gasteiger partial charge on any atom is -0.395 e. The second-order valence-electron chi connectivity index (χ2n) is 9.87. The van der Waals surface area contributed by atoms with Crippen LogP contribution in [0.3, 0.4) is 0 Å². The maximum atomic E-state index is 11.2. The highest BCUT2D eigenvalue weighted by Crippen LogP contribution is 2.67. The highest BCUT2D eigenvalue weighted by Gasteiger charge is 2.61. The fraction of sp³-hybridized carbons (Fsp3) is 0.625. The molecule has 0 saturated heterocycles. The third kappa shape index (κ3) is 2.72. The van der Waals surface area contributed by atoms with Crippen LogP contribution in [0.4, 0.5) is 0 Å². The van der Waals surface area contributed by atoms with Gasteiger partial charge in [0.2, 0.25) is 0 Å². The summed E-state index contributed by atoms with van der Waals surface area (Å²) >= 11 is 6.84. The molecule has 0 bridgehead atoms. The molecule has 1 heterocycles.